The Morgan fingerprint density at radius 2 is 1.75 bits per heavy atom. The first kappa shape index (κ1) is 15.8. The zero-order chi connectivity index (χ0) is 15.1. The molecule has 20 heavy (non-hydrogen) atoms. The number of rotatable bonds is 5. The molecular weight excluding hydrogens is 256 g/mol. The van der Waals surface area contributed by atoms with Gasteiger partial charge in [0, 0.05) is 11.7 Å². The van der Waals surface area contributed by atoms with Gasteiger partial charge >= 0.3 is 12.1 Å². The van der Waals surface area contributed by atoms with Gasteiger partial charge in [-0.05, 0) is 38.0 Å². The van der Waals surface area contributed by atoms with Gasteiger partial charge < -0.3 is 21.7 Å². The van der Waals surface area contributed by atoms with E-state index in [1.54, 1.807) is 12.1 Å². The van der Waals surface area contributed by atoms with E-state index in [4.69, 9.17) is 5.73 Å². The van der Waals surface area contributed by atoms with Crippen molar-refractivity contribution in [2.75, 3.05) is 5.32 Å². The molecule has 1 aromatic carbocycles. The van der Waals surface area contributed by atoms with Gasteiger partial charge in [0.15, 0.2) is 0 Å². The van der Waals surface area contributed by atoms with Crippen LogP contribution in [0.2, 0.25) is 0 Å². The van der Waals surface area contributed by atoms with Crippen LogP contribution in [0.15, 0.2) is 24.3 Å². The third-order valence-corrected chi connectivity index (χ3v) is 3.02. The average Bonchev–Trinajstić information content (AvgIpc) is 2.38. The Morgan fingerprint density at radius 1 is 1.15 bits per heavy atom. The Balaban J connectivity index is 2.57. The van der Waals surface area contributed by atoms with Gasteiger partial charge in [-0.15, -0.1) is 0 Å². The van der Waals surface area contributed by atoms with Gasteiger partial charge in [0.05, 0.1) is 6.04 Å². The van der Waals surface area contributed by atoms with Crippen LogP contribution in [0.4, 0.5) is 15.3 Å². The minimum Gasteiger partial charge on any atom is -0.351 e. The number of hydrogen-bond donors (Lipinski definition) is 4. The smallest absolute Gasteiger partial charge is 0.316 e. The molecule has 0 aliphatic rings. The topological polar surface area (TPSA) is 96.2 Å². The highest BCUT2D eigenvalue weighted by Gasteiger charge is 2.10. The van der Waals surface area contributed by atoms with Gasteiger partial charge in [0.1, 0.15) is 0 Å². The van der Waals surface area contributed by atoms with Gasteiger partial charge in [0.2, 0.25) is 0 Å². The summed E-state index contributed by atoms with van der Waals surface area (Å²) < 4.78 is 0. The molecule has 0 radical (unpaired) electrons. The highest BCUT2D eigenvalue weighted by atomic mass is 16.2. The molecule has 6 nitrogen and oxygen atoms in total. The van der Waals surface area contributed by atoms with Crippen molar-refractivity contribution in [2.45, 2.75) is 39.3 Å². The van der Waals surface area contributed by atoms with Crippen LogP contribution in [0.1, 0.15) is 38.8 Å². The summed E-state index contributed by atoms with van der Waals surface area (Å²) in [6, 6.07) is 6.38. The van der Waals surface area contributed by atoms with Crippen molar-refractivity contribution in [3.05, 3.63) is 29.8 Å². The second-order valence-electron chi connectivity index (χ2n) is 4.76. The van der Waals surface area contributed by atoms with Crippen LogP contribution in [0, 0.1) is 0 Å². The second kappa shape index (κ2) is 7.37. The molecule has 1 rings (SSSR count). The second-order valence-corrected chi connectivity index (χ2v) is 4.76. The van der Waals surface area contributed by atoms with Crippen molar-refractivity contribution in [2.24, 2.45) is 5.73 Å². The third kappa shape index (κ3) is 5.17. The summed E-state index contributed by atoms with van der Waals surface area (Å²) in [5, 5.41) is 8.19. The molecule has 1 aromatic rings. The quantitative estimate of drug-likeness (QED) is 0.665. The zero-order valence-electron chi connectivity index (χ0n) is 12.1. The van der Waals surface area contributed by atoms with Crippen molar-refractivity contribution in [1.82, 2.24) is 10.6 Å². The molecule has 0 unspecified atom stereocenters. The summed E-state index contributed by atoms with van der Waals surface area (Å²) in [6.45, 7) is 5.86. The Morgan fingerprint density at radius 3 is 2.25 bits per heavy atom. The molecule has 0 aliphatic heterocycles. The molecule has 0 heterocycles. The first-order valence-corrected chi connectivity index (χ1v) is 6.65. The van der Waals surface area contributed by atoms with Gasteiger partial charge in [0.25, 0.3) is 0 Å². The number of hydrogen-bond acceptors (Lipinski definition) is 2. The minimum absolute atomic E-state index is 0.123. The van der Waals surface area contributed by atoms with Crippen molar-refractivity contribution in [1.29, 1.82) is 0 Å². The van der Waals surface area contributed by atoms with E-state index in [1.165, 1.54) is 0 Å². The number of nitrogens with two attached hydrogens (primary N) is 1. The molecule has 5 N–H and O–H groups in total. The lowest BCUT2D eigenvalue weighted by Gasteiger charge is -2.18. The summed E-state index contributed by atoms with van der Waals surface area (Å²) >= 11 is 0. The van der Waals surface area contributed by atoms with Crippen LogP contribution in [0.25, 0.3) is 0 Å². The van der Waals surface area contributed by atoms with Crippen LogP contribution in [0.5, 0.6) is 0 Å². The van der Waals surface area contributed by atoms with Crippen molar-refractivity contribution < 1.29 is 9.59 Å². The van der Waals surface area contributed by atoms with Gasteiger partial charge in [-0.25, -0.2) is 9.59 Å². The number of nitrogens with one attached hydrogen (secondary N) is 3. The van der Waals surface area contributed by atoms with Gasteiger partial charge in [-0.1, -0.05) is 19.1 Å². The molecule has 110 valence electrons. The lowest BCUT2D eigenvalue weighted by atomic mass is 10.1. The van der Waals surface area contributed by atoms with Crippen molar-refractivity contribution in [3.8, 4) is 0 Å². The lowest BCUT2D eigenvalue weighted by molar-refractivity contribution is 0.234. The molecule has 4 amide bonds. The maximum absolute atomic E-state index is 11.7. The Labute approximate surface area is 119 Å². The van der Waals surface area contributed by atoms with Crippen LogP contribution in [0.3, 0.4) is 0 Å². The van der Waals surface area contributed by atoms with Crippen molar-refractivity contribution in [3.63, 3.8) is 0 Å². The summed E-state index contributed by atoms with van der Waals surface area (Å²) in [6.07, 6.45) is 0.884. The molecular formula is C14H22N4O2. The fraction of sp³-hybridized carbons (Fsp3) is 0.429. The number of urea groups is 2. The molecule has 0 spiro atoms. The molecule has 2 atom stereocenters. The fourth-order valence-electron chi connectivity index (χ4n) is 1.64. The summed E-state index contributed by atoms with van der Waals surface area (Å²) in [7, 11) is 0. The molecule has 0 bridgehead atoms. The van der Waals surface area contributed by atoms with E-state index in [1.807, 2.05) is 32.9 Å². The van der Waals surface area contributed by atoms with Gasteiger partial charge in [-0.3, -0.25) is 0 Å². The number of benzene rings is 1. The van der Waals surface area contributed by atoms with E-state index in [0.29, 0.717) is 5.69 Å². The molecule has 0 aromatic heterocycles. The number of anilines is 1. The summed E-state index contributed by atoms with van der Waals surface area (Å²) in [5.41, 5.74) is 6.60. The van der Waals surface area contributed by atoms with E-state index in [-0.39, 0.29) is 18.1 Å². The van der Waals surface area contributed by atoms with Gasteiger partial charge in [-0.2, -0.15) is 0 Å². The van der Waals surface area contributed by atoms with Crippen molar-refractivity contribution >= 4 is 17.7 Å². The Hall–Kier alpha value is -2.24. The first-order chi connectivity index (χ1) is 9.42. The number of carbonyl (C=O) groups is 2. The van der Waals surface area contributed by atoms with E-state index in [2.05, 4.69) is 16.0 Å². The zero-order valence-corrected chi connectivity index (χ0v) is 12.1. The highest BCUT2D eigenvalue weighted by molar-refractivity contribution is 5.87. The molecule has 0 fully saturated rings. The fourth-order valence-corrected chi connectivity index (χ4v) is 1.64. The average molecular weight is 278 g/mol. The Bertz CT molecular complexity index is 459. The van der Waals surface area contributed by atoms with E-state index < -0.39 is 6.03 Å². The first-order valence-electron chi connectivity index (χ1n) is 6.65. The molecule has 0 aliphatic carbocycles. The third-order valence-electron chi connectivity index (χ3n) is 3.02. The number of primary amides is 1. The maximum Gasteiger partial charge on any atom is 0.316 e. The van der Waals surface area contributed by atoms with Crippen LogP contribution < -0.4 is 21.7 Å². The van der Waals surface area contributed by atoms with Crippen LogP contribution >= 0.6 is 0 Å². The number of amides is 4. The van der Waals surface area contributed by atoms with Crippen LogP contribution in [-0.2, 0) is 0 Å². The SMILES string of the molecule is CC[C@@H](C)NC(=O)N[C@@H](C)c1ccc(NC(N)=O)cc1. The minimum atomic E-state index is -0.600. The maximum atomic E-state index is 11.7. The van der Waals surface area contributed by atoms with E-state index >= 15 is 0 Å². The number of carbonyl (C=O) groups excluding carboxylic acids is 2. The predicted octanol–water partition coefficient (Wildman–Crippen LogP) is 2.34. The Kier molecular flexibility index (Phi) is 5.83. The largest absolute Gasteiger partial charge is 0.351 e. The standard InChI is InChI=1S/C14H22N4O2/c1-4-9(2)16-14(20)17-10(3)11-5-7-12(8-6-11)18-13(15)19/h5-10H,4H2,1-3H3,(H3,15,18,19)(H2,16,17,20)/t9-,10+/m1/s1. The van der Waals surface area contributed by atoms with E-state index in [0.717, 1.165) is 12.0 Å². The molecule has 6 heteroatoms. The molecule has 0 saturated heterocycles. The lowest BCUT2D eigenvalue weighted by Crippen LogP contribution is -2.41. The predicted molar refractivity (Wildman–Crippen MR) is 79.5 cm³/mol. The highest BCUT2D eigenvalue weighted by Crippen LogP contribution is 2.15. The van der Waals surface area contributed by atoms with Crippen LogP contribution in [-0.4, -0.2) is 18.1 Å². The van der Waals surface area contributed by atoms with E-state index in [9.17, 15) is 9.59 Å². The monoisotopic (exact) mass is 278 g/mol. The summed E-state index contributed by atoms with van der Waals surface area (Å²) in [4.78, 5) is 22.4. The summed E-state index contributed by atoms with van der Waals surface area (Å²) in [5.74, 6) is 0. The normalized spacial score (nSPS) is 13.2. The molecule has 0 saturated carbocycles.